The molecule has 5 heteroatoms. The van der Waals surface area contributed by atoms with Gasteiger partial charge in [0, 0.05) is 13.0 Å². The summed E-state index contributed by atoms with van der Waals surface area (Å²) in [5.41, 5.74) is -0.239. The number of aromatic nitrogens is 3. The van der Waals surface area contributed by atoms with Gasteiger partial charge in [0.1, 0.15) is 5.82 Å². The van der Waals surface area contributed by atoms with Crippen LogP contribution in [0.5, 0.6) is 0 Å². The van der Waals surface area contributed by atoms with Crippen molar-refractivity contribution in [3.63, 3.8) is 0 Å². The standard InChI is InChI=1S/C6H12N4O/c1-2-7-4-3-5-8-6(11)10-9-5/h7H,2-4H2,1H3,(H2,8,9,10,11). The lowest BCUT2D eigenvalue weighted by Gasteiger charge is -1.95. The third kappa shape index (κ3) is 2.55. The first-order valence-electron chi connectivity index (χ1n) is 3.67. The Morgan fingerprint density at radius 3 is 3.00 bits per heavy atom. The van der Waals surface area contributed by atoms with Crippen molar-refractivity contribution in [1.82, 2.24) is 20.5 Å². The average Bonchev–Trinajstić information content (AvgIpc) is 2.37. The summed E-state index contributed by atoms with van der Waals surface area (Å²) in [6.07, 6.45) is 0.757. The Kier molecular flexibility index (Phi) is 2.85. The lowest BCUT2D eigenvalue weighted by atomic mass is 10.4. The molecule has 0 spiro atoms. The van der Waals surface area contributed by atoms with Gasteiger partial charge in [-0.25, -0.2) is 9.89 Å². The molecule has 0 aliphatic heterocycles. The molecule has 0 saturated heterocycles. The van der Waals surface area contributed by atoms with Crippen molar-refractivity contribution in [2.75, 3.05) is 13.1 Å². The molecule has 0 aromatic carbocycles. The predicted molar refractivity (Wildman–Crippen MR) is 41.5 cm³/mol. The SMILES string of the molecule is CCNCCc1n[nH]c(=O)[nH]1. The van der Waals surface area contributed by atoms with E-state index in [1.165, 1.54) is 0 Å². The van der Waals surface area contributed by atoms with Gasteiger partial charge < -0.3 is 5.32 Å². The zero-order chi connectivity index (χ0) is 8.10. The van der Waals surface area contributed by atoms with E-state index in [1.807, 2.05) is 6.92 Å². The van der Waals surface area contributed by atoms with E-state index in [0.717, 1.165) is 19.5 Å². The normalized spacial score (nSPS) is 10.3. The molecule has 1 aromatic heterocycles. The summed E-state index contributed by atoms with van der Waals surface area (Å²) >= 11 is 0. The fraction of sp³-hybridized carbons (Fsp3) is 0.667. The van der Waals surface area contributed by atoms with Crippen LogP contribution in [0.2, 0.25) is 0 Å². The third-order valence-electron chi connectivity index (χ3n) is 1.34. The van der Waals surface area contributed by atoms with Crippen LogP contribution in [0.15, 0.2) is 4.79 Å². The van der Waals surface area contributed by atoms with Crippen LogP contribution < -0.4 is 11.0 Å². The van der Waals surface area contributed by atoms with Crippen molar-refractivity contribution in [3.8, 4) is 0 Å². The largest absolute Gasteiger partial charge is 0.340 e. The van der Waals surface area contributed by atoms with Crippen LogP contribution in [0, 0.1) is 0 Å². The Bertz CT molecular complexity index is 251. The fourth-order valence-electron chi connectivity index (χ4n) is 0.807. The molecule has 0 aliphatic carbocycles. The van der Waals surface area contributed by atoms with Crippen molar-refractivity contribution in [2.45, 2.75) is 13.3 Å². The van der Waals surface area contributed by atoms with Gasteiger partial charge in [-0.1, -0.05) is 6.92 Å². The second-order valence-corrected chi connectivity index (χ2v) is 2.23. The first kappa shape index (κ1) is 8.00. The van der Waals surface area contributed by atoms with Gasteiger partial charge in [-0.05, 0) is 6.54 Å². The smallest absolute Gasteiger partial charge is 0.317 e. The topological polar surface area (TPSA) is 73.6 Å². The Morgan fingerprint density at radius 2 is 2.45 bits per heavy atom. The van der Waals surface area contributed by atoms with Gasteiger partial charge in [0.05, 0.1) is 0 Å². The minimum absolute atomic E-state index is 0.239. The van der Waals surface area contributed by atoms with E-state index in [1.54, 1.807) is 0 Å². The van der Waals surface area contributed by atoms with Gasteiger partial charge in [0.25, 0.3) is 0 Å². The number of likely N-dealkylation sites (N-methyl/N-ethyl adjacent to an activating group) is 1. The van der Waals surface area contributed by atoms with Crippen molar-refractivity contribution in [1.29, 1.82) is 0 Å². The van der Waals surface area contributed by atoms with Crippen LogP contribution in [0.25, 0.3) is 0 Å². The fourth-order valence-corrected chi connectivity index (χ4v) is 0.807. The van der Waals surface area contributed by atoms with E-state index in [9.17, 15) is 4.79 Å². The molecule has 0 aliphatic rings. The van der Waals surface area contributed by atoms with Crippen LogP contribution in [-0.2, 0) is 6.42 Å². The maximum Gasteiger partial charge on any atom is 0.340 e. The lowest BCUT2D eigenvalue weighted by Crippen LogP contribution is -2.16. The van der Waals surface area contributed by atoms with Crippen LogP contribution in [0.1, 0.15) is 12.7 Å². The van der Waals surface area contributed by atoms with Crippen LogP contribution >= 0.6 is 0 Å². The van der Waals surface area contributed by atoms with Crippen LogP contribution in [-0.4, -0.2) is 28.3 Å². The average molecular weight is 156 g/mol. The van der Waals surface area contributed by atoms with Crippen molar-refractivity contribution in [2.24, 2.45) is 0 Å². The Morgan fingerprint density at radius 1 is 1.64 bits per heavy atom. The molecule has 0 radical (unpaired) electrons. The quantitative estimate of drug-likeness (QED) is 0.502. The molecule has 0 atom stereocenters. The molecule has 0 amide bonds. The van der Waals surface area contributed by atoms with Crippen LogP contribution in [0.3, 0.4) is 0 Å². The molecule has 1 heterocycles. The highest BCUT2D eigenvalue weighted by Gasteiger charge is 1.95. The van der Waals surface area contributed by atoms with Gasteiger partial charge in [0.2, 0.25) is 0 Å². The van der Waals surface area contributed by atoms with Gasteiger partial charge in [0.15, 0.2) is 0 Å². The summed E-state index contributed by atoms with van der Waals surface area (Å²) in [5.74, 6) is 0.705. The highest BCUT2D eigenvalue weighted by atomic mass is 16.1. The molecular formula is C6H12N4O. The molecular weight excluding hydrogens is 144 g/mol. The van der Waals surface area contributed by atoms with Gasteiger partial charge in [-0.2, -0.15) is 5.10 Å². The number of aromatic amines is 2. The Hall–Kier alpha value is -1.10. The lowest BCUT2D eigenvalue weighted by molar-refractivity contribution is 0.698. The molecule has 0 fully saturated rings. The van der Waals surface area contributed by atoms with E-state index in [-0.39, 0.29) is 5.69 Å². The van der Waals surface area contributed by atoms with E-state index < -0.39 is 0 Å². The minimum Gasteiger partial charge on any atom is -0.317 e. The molecule has 1 rings (SSSR count). The summed E-state index contributed by atoms with van der Waals surface area (Å²) < 4.78 is 0. The second-order valence-electron chi connectivity index (χ2n) is 2.23. The van der Waals surface area contributed by atoms with Gasteiger partial charge >= 0.3 is 5.69 Å². The summed E-state index contributed by atoms with van der Waals surface area (Å²) in [6.45, 7) is 3.82. The Labute approximate surface area is 64.2 Å². The summed E-state index contributed by atoms with van der Waals surface area (Å²) in [4.78, 5) is 13.1. The van der Waals surface area contributed by atoms with Gasteiger partial charge in [-0.3, -0.25) is 4.98 Å². The van der Waals surface area contributed by atoms with E-state index in [0.29, 0.717) is 5.82 Å². The predicted octanol–water partition coefficient (Wildman–Crippen LogP) is -0.750. The van der Waals surface area contributed by atoms with Crippen molar-refractivity contribution < 1.29 is 0 Å². The molecule has 62 valence electrons. The number of nitrogens with one attached hydrogen (secondary N) is 3. The monoisotopic (exact) mass is 156 g/mol. The van der Waals surface area contributed by atoms with Crippen molar-refractivity contribution in [3.05, 3.63) is 16.3 Å². The summed E-state index contributed by atoms with van der Waals surface area (Å²) in [6, 6.07) is 0. The third-order valence-corrected chi connectivity index (χ3v) is 1.34. The maximum atomic E-state index is 10.5. The zero-order valence-corrected chi connectivity index (χ0v) is 6.48. The molecule has 11 heavy (non-hydrogen) atoms. The highest BCUT2D eigenvalue weighted by Crippen LogP contribution is 1.81. The molecule has 1 aromatic rings. The summed E-state index contributed by atoms with van der Waals surface area (Å²) in [5, 5.41) is 9.19. The summed E-state index contributed by atoms with van der Waals surface area (Å²) in [7, 11) is 0. The molecule has 5 nitrogen and oxygen atoms in total. The van der Waals surface area contributed by atoms with Crippen molar-refractivity contribution >= 4 is 0 Å². The zero-order valence-electron chi connectivity index (χ0n) is 6.48. The molecule has 3 N–H and O–H groups in total. The maximum absolute atomic E-state index is 10.5. The minimum atomic E-state index is -0.239. The molecule has 0 saturated carbocycles. The second kappa shape index (κ2) is 3.92. The number of hydrogen-bond donors (Lipinski definition) is 3. The van der Waals surface area contributed by atoms with E-state index in [2.05, 4.69) is 20.5 Å². The van der Waals surface area contributed by atoms with Gasteiger partial charge in [-0.15, -0.1) is 0 Å². The number of nitrogens with zero attached hydrogens (tertiary/aromatic N) is 1. The molecule has 0 bridgehead atoms. The first-order chi connectivity index (χ1) is 5.33. The number of H-pyrrole nitrogens is 2. The van der Waals surface area contributed by atoms with Crippen LogP contribution in [0.4, 0.5) is 0 Å². The first-order valence-corrected chi connectivity index (χ1v) is 3.67. The molecule has 0 unspecified atom stereocenters. The number of hydrogen-bond acceptors (Lipinski definition) is 3. The number of rotatable bonds is 4. The Balaban J connectivity index is 2.33. The van der Waals surface area contributed by atoms with E-state index in [4.69, 9.17) is 0 Å². The van der Waals surface area contributed by atoms with E-state index >= 15 is 0 Å². The highest BCUT2D eigenvalue weighted by molar-refractivity contribution is 4.80.